The third-order valence-electron chi connectivity index (χ3n) is 15.2. The van der Waals surface area contributed by atoms with Crippen molar-refractivity contribution in [1.82, 2.24) is 14.8 Å². The molecule has 5 fully saturated rings. The molecule has 1 aromatic heterocycles. The number of fused-ring (bicyclic) bond motifs is 5. The van der Waals surface area contributed by atoms with Gasteiger partial charge in [-0.05, 0) is 111 Å². The van der Waals surface area contributed by atoms with Crippen molar-refractivity contribution < 1.29 is 29.3 Å². The fourth-order valence-corrected chi connectivity index (χ4v) is 13.4. The molecule has 10 nitrogen and oxygen atoms in total. The summed E-state index contributed by atoms with van der Waals surface area (Å²) in [5.74, 6) is 0.400. The van der Waals surface area contributed by atoms with Gasteiger partial charge in [0.25, 0.3) is 0 Å². The first-order valence-electron chi connectivity index (χ1n) is 19.6. The maximum Gasteiger partial charge on any atom is 0.335 e. The van der Waals surface area contributed by atoms with Crippen molar-refractivity contribution >= 4 is 28.5 Å². The highest BCUT2D eigenvalue weighted by Crippen LogP contribution is 2.67. The second-order valence-corrected chi connectivity index (χ2v) is 17.0. The number of H-pyrrole nitrogens is 1. The zero-order valence-corrected chi connectivity index (χ0v) is 30.7. The van der Waals surface area contributed by atoms with Crippen LogP contribution in [0.2, 0.25) is 0 Å². The topological polar surface area (TPSA) is 127 Å². The number of nitrogens with zero attached hydrogens (tertiary/aromatic N) is 2. The summed E-state index contributed by atoms with van der Waals surface area (Å²) >= 11 is 0. The second kappa shape index (κ2) is 11.0. The van der Waals surface area contributed by atoms with Crippen LogP contribution >= 0.6 is 0 Å². The predicted octanol–water partition coefficient (Wildman–Crippen LogP) is 6.09. The van der Waals surface area contributed by atoms with E-state index in [1.54, 1.807) is 6.07 Å². The summed E-state index contributed by atoms with van der Waals surface area (Å²) in [5, 5.41) is 28.7. The van der Waals surface area contributed by atoms with Gasteiger partial charge in [-0.1, -0.05) is 26.3 Å². The first-order valence-corrected chi connectivity index (χ1v) is 19.6. The molecule has 274 valence electrons. The van der Waals surface area contributed by atoms with Crippen molar-refractivity contribution in [3.63, 3.8) is 0 Å². The summed E-state index contributed by atoms with van der Waals surface area (Å²) in [6.07, 6.45) is 8.27. The van der Waals surface area contributed by atoms with Gasteiger partial charge in [0, 0.05) is 47.5 Å². The van der Waals surface area contributed by atoms with E-state index in [0.29, 0.717) is 40.6 Å². The zero-order valence-electron chi connectivity index (χ0n) is 30.7. The number of carbonyl (C=O) groups excluding carboxylic acids is 2. The van der Waals surface area contributed by atoms with Crippen molar-refractivity contribution in [3.05, 3.63) is 52.4 Å². The summed E-state index contributed by atoms with van der Waals surface area (Å²) in [4.78, 5) is 36.6. The summed E-state index contributed by atoms with van der Waals surface area (Å²) < 4.78 is 11.1. The number of aromatic amines is 1. The molecule has 8 aliphatic rings. The lowest BCUT2D eigenvalue weighted by Crippen LogP contribution is -2.67. The van der Waals surface area contributed by atoms with Crippen LogP contribution in [0, 0.1) is 17.3 Å². The number of hydrogen-bond acceptors (Lipinski definition) is 9. The molecule has 7 heterocycles. The Bertz CT molecular complexity index is 2100. The van der Waals surface area contributed by atoms with Crippen LogP contribution in [0.25, 0.3) is 22.0 Å². The predicted molar refractivity (Wildman–Crippen MR) is 197 cm³/mol. The Hall–Kier alpha value is -4.02. The number of nitrogens with one attached hydrogen (secondary N) is 2. The molecule has 1 saturated carbocycles. The molecule has 2 aromatic carbocycles. The fourth-order valence-electron chi connectivity index (χ4n) is 13.4. The molecule has 8 atom stereocenters. The van der Waals surface area contributed by atoms with E-state index >= 15 is 0 Å². The highest BCUT2D eigenvalue weighted by atomic mass is 16.5. The Morgan fingerprint density at radius 3 is 2.63 bits per heavy atom. The summed E-state index contributed by atoms with van der Waals surface area (Å²) in [6, 6.07) is 8.00. The number of esters is 2. The number of aromatic nitrogens is 1. The van der Waals surface area contributed by atoms with Gasteiger partial charge in [-0.25, -0.2) is 4.79 Å². The number of phenols is 2. The average Bonchev–Trinajstić information content (AvgIpc) is 3.84. The normalized spacial score (nSPS) is 35.3. The van der Waals surface area contributed by atoms with E-state index < -0.39 is 10.8 Å². The number of hydrogen-bond donors (Lipinski definition) is 4. The molecular formula is C42H50N4O6. The third kappa shape index (κ3) is 3.78. The van der Waals surface area contributed by atoms with Crippen LogP contribution in [0.4, 0.5) is 5.69 Å². The Morgan fingerprint density at radius 2 is 1.87 bits per heavy atom. The summed E-state index contributed by atoms with van der Waals surface area (Å²) in [5.41, 5.74) is 5.57. The maximum absolute atomic E-state index is 14.2. The first-order chi connectivity index (χ1) is 25.2. The van der Waals surface area contributed by atoms with Gasteiger partial charge in [-0.2, -0.15) is 0 Å². The van der Waals surface area contributed by atoms with Crippen LogP contribution in [-0.2, 0) is 36.3 Å². The molecule has 0 amide bonds. The lowest BCUT2D eigenvalue weighted by atomic mass is 9.53. The summed E-state index contributed by atoms with van der Waals surface area (Å²) in [7, 11) is 2.96. The molecule has 52 heavy (non-hydrogen) atoms. The number of aromatic hydroxyl groups is 2. The Kier molecular flexibility index (Phi) is 6.91. The van der Waals surface area contributed by atoms with E-state index in [-0.39, 0.29) is 40.9 Å². The lowest BCUT2D eigenvalue weighted by Gasteiger charge is -2.57. The summed E-state index contributed by atoms with van der Waals surface area (Å²) in [6.45, 7) is 8.32. The molecule has 4 bridgehead atoms. The first kappa shape index (κ1) is 32.6. The average molecular weight is 707 g/mol. The molecule has 3 aromatic rings. The number of methoxy groups -OCH3 is 2. The van der Waals surface area contributed by atoms with Gasteiger partial charge in [0.05, 0.1) is 42.0 Å². The van der Waals surface area contributed by atoms with E-state index in [1.807, 2.05) is 12.1 Å². The molecule has 0 radical (unpaired) electrons. The highest BCUT2D eigenvalue weighted by Gasteiger charge is 2.67. The number of phenolic OH excluding ortho intramolecular Hbond substituents is 2. The van der Waals surface area contributed by atoms with Crippen LogP contribution in [0.3, 0.4) is 0 Å². The van der Waals surface area contributed by atoms with Crippen molar-refractivity contribution in [1.29, 1.82) is 0 Å². The lowest BCUT2D eigenvalue weighted by molar-refractivity contribution is -0.162. The molecule has 10 heteroatoms. The number of anilines is 1. The second-order valence-electron chi connectivity index (χ2n) is 17.0. The molecule has 4 N–H and O–H groups in total. The largest absolute Gasteiger partial charge is 0.507 e. The molecular weight excluding hydrogens is 656 g/mol. The minimum Gasteiger partial charge on any atom is -0.507 e. The van der Waals surface area contributed by atoms with Gasteiger partial charge in [0.1, 0.15) is 16.9 Å². The Morgan fingerprint density at radius 1 is 1.02 bits per heavy atom. The van der Waals surface area contributed by atoms with Crippen LogP contribution < -0.4 is 5.32 Å². The van der Waals surface area contributed by atoms with E-state index in [1.165, 1.54) is 14.2 Å². The maximum atomic E-state index is 14.2. The number of benzene rings is 2. The standard InChI is InChI=1S/C42H50N4O6/c1-5-23-18-22-19-42(39(50)52-4)34-25(12-16-46(21-22)36(23)42)24-9-11-29(47)30(31(24)43-34)26-8-10-28-32(33(26)48)44-35-27(37(49)51-3)20-40(6-2)13-7-15-45-17-14-41(28,35)38(40)45/h8-11,22-23,36,38,43-44,47-48H,5-7,12-21H2,1-4H3/t22-,23+,36+,38+,40+,41+,42-/m0/s1. The Labute approximate surface area is 304 Å². The quantitative estimate of drug-likeness (QED) is 0.184. The third-order valence-corrected chi connectivity index (χ3v) is 15.2. The monoisotopic (exact) mass is 706 g/mol. The molecule has 1 unspecified atom stereocenters. The van der Waals surface area contributed by atoms with Gasteiger partial charge in [0.15, 0.2) is 0 Å². The molecule has 1 spiro atoms. The van der Waals surface area contributed by atoms with Crippen molar-refractivity contribution in [2.24, 2.45) is 17.3 Å². The molecule has 6 aliphatic heterocycles. The minimum atomic E-state index is -0.832. The molecule has 2 aliphatic carbocycles. The van der Waals surface area contributed by atoms with Crippen LogP contribution in [0.15, 0.2) is 35.5 Å². The fraction of sp³-hybridized carbons (Fsp3) is 0.571. The van der Waals surface area contributed by atoms with Crippen LogP contribution in [0.1, 0.15) is 82.0 Å². The van der Waals surface area contributed by atoms with E-state index in [4.69, 9.17) is 9.47 Å². The number of carbonyl (C=O) groups is 2. The van der Waals surface area contributed by atoms with Gasteiger partial charge < -0.3 is 30.0 Å². The Balaban J connectivity index is 1.17. The van der Waals surface area contributed by atoms with Crippen molar-refractivity contribution in [2.45, 2.75) is 94.5 Å². The number of rotatable bonds is 5. The smallest absolute Gasteiger partial charge is 0.335 e. The highest BCUT2D eigenvalue weighted by molar-refractivity contribution is 6.04. The van der Waals surface area contributed by atoms with Gasteiger partial charge in [-0.15, -0.1) is 0 Å². The minimum absolute atomic E-state index is 0.0415. The van der Waals surface area contributed by atoms with Crippen LogP contribution in [-0.4, -0.2) is 89.4 Å². The zero-order chi connectivity index (χ0) is 35.9. The van der Waals surface area contributed by atoms with E-state index in [9.17, 15) is 19.8 Å². The van der Waals surface area contributed by atoms with Gasteiger partial charge in [-0.3, -0.25) is 14.6 Å². The van der Waals surface area contributed by atoms with E-state index in [0.717, 1.165) is 111 Å². The number of ether oxygens (including phenoxy) is 2. The number of piperidine rings is 3. The van der Waals surface area contributed by atoms with Crippen molar-refractivity contribution in [2.75, 3.05) is 45.7 Å². The van der Waals surface area contributed by atoms with Gasteiger partial charge >= 0.3 is 11.9 Å². The van der Waals surface area contributed by atoms with E-state index in [2.05, 4.69) is 40.0 Å². The SMILES string of the molecule is CC[C@@H]1C[C@@H]2CN3CCc4c([nH]c5c(-c6ccc7c(c6O)NC6=C(C(=O)OC)C[C@@]8(CC)CCCN9CC[C@]67[C@H]98)c(O)ccc45)[C@@](C(=O)OC)(C2)[C@@H]13. The van der Waals surface area contributed by atoms with Crippen molar-refractivity contribution in [3.8, 4) is 22.6 Å². The molecule has 4 saturated heterocycles. The molecule has 11 rings (SSSR count). The van der Waals surface area contributed by atoms with Crippen LogP contribution in [0.5, 0.6) is 11.5 Å². The van der Waals surface area contributed by atoms with Gasteiger partial charge in [0.2, 0.25) is 0 Å².